The van der Waals surface area contributed by atoms with Crippen LogP contribution in [0.3, 0.4) is 0 Å². The van der Waals surface area contributed by atoms with Gasteiger partial charge in [-0.05, 0) is 65.7 Å². The maximum Gasteiger partial charge on any atom is 0.293 e. The second-order valence-electron chi connectivity index (χ2n) is 6.91. The van der Waals surface area contributed by atoms with Crippen LogP contribution in [0.15, 0.2) is 47.4 Å². The number of nitrogens with zero attached hydrogens (tertiary/aromatic N) is 1. The second-order valence-corrected chi connectivity index (χ2v) is 7.91. The van der Waals surface area contributed by atoms with Crippen molar-refractivity contribution in [3.8, 4) is 11.5 Å². The van der Waals surface area contributed by atoms with Crippen LogP contribution in [0.25, 0.3) is 6.08 Å². The average molecular weight is 459 g/mol. The molecule has 0 aliphatic carbocycles. The molecule has 0 bridgehead atoms. The van der Waals surface area contributed by atoms with E-state index in [0.29, 0.717) is 23.5 Å². The lowest BCUT2D eigenvalue weighted by Gasteiger charge is -2.13. The molecule has 3 rings (SSSR count). The minimum absolute atomic E-state index is 0.0691. The van der Waals surface area contributed by atoms with Gasteiger partial charge < -0.3 is 14.8 Å². The molecule has 2 aromatic carbocycles. The summed E-state index contributed by atoms with van der Waals surface area (Å²) in [7, 11) is 3.13. The van der Waals surface area contributed by atoms with Gasteiger partial charge in [-0.25, -0.2) is 4.39 Å². The Balaban J connectivity index is 1.49. The number of methoxy groups -OCH3 is 2. The summed E-state index contributed by atoms with van der Waals surface area (Å²) in [5, 5.41) is 2.33. The van der Waals surface area contributed by atoms with Gasteiger partial charge >= 0.3 is 0 Å². The quantitative estimate of drug-likeness (QED) is 0.578. The van der Waals surface area contributed by atoms with E-state index in [1.165, 1.54) is 24.3 Å². The molecule has 2 aromatic rings. The summed E-state index contributed by atoms with van der Waals surface area (Å²) in [5.74, 6) is 0.331. The molecule has 1 fully saturated rings. The highest BCUT2D eigenvalue weighted by molar-refractivity contribution is 8.18. The molecule has 0 unspecified atom stereocenters. The molecular formula is C23H23FN2O5S. The first-order valence-corrected chi connectivity index (χ1v) is 10.7. The van der Waals surface area contributed by atoms with Crippen LogP contribution in [0.1, 0.15) is 17.5 Å². The lowest BCUT2D eigenvalue weighted by Crippen LogP contribution is -2.37. The molecule has 1 aliphatic heterocycles. The maximum absolute atomic E-state index is 13.0. The van der Waals surface area contributed by atoms with Crippen molar-refractivity contribution >= 4 is 34.9 Å². The van der Waals surface area contributed by atoms with Crippen molar-refractivity contribution in [2.24, 2.45) is 0 Å². The SMILES string of the molecule is COc1ccc(OC)c(CCC(=O)NCCN2C(=O)S/C(=C\c3ccc(F)cc3)C2=O)c1. The number of benzene rings is 2. The van der Waals surface area contributed by atoms with Gasteiger partial charge in [0, 0.05) is 19.5 Å². The van der Waals surface area contributed by atoms with E-state index >= 15 is 0 Å². The minimum atomic E-state index is -0.431. The lowest BCUT2D eigenvalue weighted by atomic mass is 10.1. The molecular weight excluding hydrogens is 435 g/mol. The summed E-state index contributed by atoms with van der Waals surface area (Å²) in [6.07, 6.45) is 2.22. The molecule has 32 heavy (non-hydrogen) atoms. The van der Waals surface area contributed by atoms with Crippen molar-refractivity contribution in [3.63, 3.8) is 0 Å². The van der Waals surface area contributed by atoms with Crippen molar-refractivity contribution in [2.45, 2.75) is 12.8 Å². The van der Waals surface area contributed by atoms with Gasteiger partial charge in [0.1, 0.15) is 17.3 Å². The van der Waals surface area contributed by atoms with Crippen molar-refractivity contribution in [1.82, 2.24) is 10.2 Å². The van der Waals surface area contributed by atoms with Crippen molar-refractivity contribution in [1.29, 1.82) is 0 Å². The zero-order valence-corrected chi connectivity index (χ0v) is 18.5. The van der Waals surface area contributed by atoms with E-state index in [4.69, 9.17) is 9.47 Å². The van der Waals surface area contributed by atoms with Crippen molar-refractivity contribution in [3.05, 3.63) is 64.3 Å². The largest absolute Gasteiger partial charge is 0.497 e. The van der Waals surface area contributed by atoms with E-state index in [-0.39, 0.29) is 36.1 Å². The molecule has 1 saturated heterocycles. The zero-order valence-electron chi connectivity index (χ0n) is 17.7. The number of hydrogen-bond acceptors (Lipinski definition) is 6. The van der Waals surface area contributed by atoms with Crippen molar-refractivity contribution < 1.29 is 28.2 Å². The monoisotopic (exact) mass is 458 g/mol. The molecule has 168 valence electrons. The summed E-state index contributed by atoms with van der Waals surface area (Å²) in [4.78, 5) is 38.3. The predicted molar refractivity (Wildman–Crippen MR) is 120 cm³/mol. The number of carbonyl (C=O) groups is 3. The molecule has 0 atom stereocenters. The molecule has 0 spiro atoms. The van der Waals surface area contributed by atoms with E-state index in [2.05, 4.69) is 5.32 Å². The van der Waals surface area contributed by atoms with Gasteiger partial charge in [0.05, 0.1) is 19.1 Å². The number of halogens is 1. The molecule has 1 heterocycles. The molecule has 1 aliphatic rings. The first kappa shape index (κ1) is 23.3. The number of ether oxygens (including phenoxy) is 2. The number of thioether (sulfide) groups is 1. The highest BCUT2D eigenvalue weighted by Crippen LogP contribution is 2.32. The number of rotatable bonds is 9. The van der Waals surface area contributed by atoms with E-state index in [1.54, 1.807) is 32.4 Å². The van der Waals surface area contributed by atoms with E-state index in [9.17, 15) is 18.8 Å². The van der Waals surface area contributed by atoms with Crippen LogP contribution in [0.2, 0.25) is 0 Å². The van der Waals surface area contributed by atoms with Gasteiger partial charge in [-0.15, -0.1) is 0 Å². The third kappa shape index (κ3) is 5.88. The van der Waals surface area contributed by atoms with Crippen molar-refractivity contribution in [2.75, 3.05) is 27.3 Å². The fraction of sp³-hybridized carbons (Fsp3) is 0.261. The third-order valence-corrected chi connectivity index (χ3v) is 5.72. The topological polar surface area (TPSA) is 84.9 Å². The number of carbonyl (C=O) groups excluding carboxylic acids is 3. The van der Waals surface area contributed by atoms with E-state index in [0.717, 1.165) is 22.2 Å². The molecule has 0 saturated carbocycles. The van der Waals surface area contributed by atoms with Crippen LogP contribution in [-0.2, 0) is 16.0 Å². The van der Waals surface area contributed by atoms with E-state index < -0.39 is 11.1 Å². The number of nitrogens with one attached hydrogen (secondary N) is 1. The van der Waals surface area contributed by atoms with Crippen LogP contribution in [0.5, 0.6) is 11.5 Å². The second kappa shape index (κ2) is 10.8. The Labute approximate surface area is 189 Å². The lowest BCUT2D eigenvalue weighted by molar-refractivity contribution is -0.124. The summed E-state index contributed by atoms with van der Waals surface area (Å²) in [6.45, 7) is 0.218. The number of amides is 3. The van der Waals surface area contributed by atoms with Gasteiger partial charge in [-0.1, -0.05) is 12.1 Å². The van der Waals surface area contributed by atoms with Gasteiger partial charge in [-0.2, -0.15) is 0 Å². The predicted octanol–water partition coefficient (Wildman–Crippen LogP) is 3.63. The van der Waals surface area contributed by atoms with Crippen LogP contribution < -0.4 is 14.8 Å². The summed E-state index contributed by atoms with van der Waals surface area (Å²) < 4.78 is 23.5. The maximum atomic E-state index is 13.0. The van der Waals surface area contributed by atoms with Crippen LogP contribution in [0.4, 0.5) is 9.18 Å². The fourth-order valence-corrected chi connectivity index (χ4v) is 3.99. The Bertz CT molecular complexity index is 1040. The fourth-order valence-electron chi connectivity index (χ4n) is 3.12. The Hall–Kier alpha value is -3.33. The Morgan fingerprint density at radius 3 is 2.56 bits per heavy atom. The molecule has 0 radical (unpaired) electrons. The summed E-state index contributed by atoms with van der Waals surface area (Å²) in [5.41, 5.74) is 1.47. The van der Waals surface area contributed by atoms with Gasteiger partial charge in [0.15, 0.2) is 0 Å². The number of imide groups is 1. The summed E-state index contributed by atoms with van der Waals surface area (Å²) in [6, 6.07) is 11.0. The Kier molecular flexibility index (Phi) is 7.88. The number of hydrogen-bond donors (Lipinski definition) is 1. The molecule has 7 nitrogen and oxygen atoms in total. The van der Waals surface area contributed by atoms with E-state index in [1.807, 2.05) is 6.07 Å². The normalized spacial score (nSPS) is 14.7. The first-order chi connectivity index (χ1) is 15.4. The van der Waals surface area contributed by atoms with Gasteiger partial charge in [-0.3, -0.25) is 19.3 Å². The molecule has 0 aromatic heterocycles. The molecule has 9 heteroatoms. The third-order valence-electron chi connectivity index (χ3n) is 4.81. The minimum Gasteiger partial charge on any atom is -0.497 e. The Morgan fingerprint density at radius 2 is 1.88 bits per heavy atom. The smallest absolute Gasteiger partial charge is 0.293 e. The molecule has 1 N–H and O–H groups in total. The van der Waals surface area contributed by atoms with Gasteiger partial charge in [0.2, 0.25) is 5.91 Å². The standard InChI is InChI=1S/C23H23FN2O5S/c1-30-18-8-9-19(31-2)16(14-18)5-10-21(27)25-11-12-26-22(28)20(32-23(26)29)13-15-3-6-17(24)7-4-15/h3-4,6-9,13-14H,5,10-12H2,1-2H3,(H,25,27)/b20-13-. The zero-order chi connectivity index (χ0) is 23.1. The highest BCUT2D eigenvalue weighted by atomic mass is 32.2. The average Bonchev–Trinajstić information content (AvgIpc) is 3.06. The van der Waals surface area contributed by atoms with Crippen LogP contribution >= 0.6 is 11.8 Å². The summed E-state index contributed by atoms with van der Waals surface area (Å²) >= 11 is 0.821. The highest BCUT2D eigenvalue weighted by Gasteiger charge is 2.34. The van der Waals surface area contributed by atoms with Gasteiger partial charge in [0.25, 0.3) is 11.1 Å². The number of aryl methyl sites for hydroxylation is 1. The molecule has 3 amide bonds. The van der Waals surface area contributed by atoms with Crippen LogP contribution in [-0.4, -0.2) is 49.3 Å². The van der Waals surface area contributed by atoms with Crippen LogP contribution in [0, 0.1) is 5.82 Å². The Morgan fingerprint density at radius 1 is 1.12 bits per heavy atom. The first-order valence-electron chi connectivity index (χ1n) is 9.90.